The zero-order chi connectivity index (χ0) is 24.9. The number of hydrogen-bond donors (Lipinski definition) is 2. The van der Waals surface area contributed by atoms with E-state index in [1.54, 1.807) is 48.5 Å². The van der Waals surface area contributed by atoms with Gasteiger partial charge in [0, 0.05) is 15.7 Å². The molecule has 0 aromatic heterocycles. The quantitative estimate of drug-likeness (QED) is 0.327. The van der Waals surface area contributed by atoms with Crippen LogP contribution < -0.4 is 15.4 Å². The first-order valence-corrected chi connectivity index (χ1v) is 11.5. The number of anilines is 1. The van der Waals surface area contributed by atoms with Gasteiger partial charge in [0.05, 0.1) is 0 Å². The largest absolute Gasteiger partial charge is 0.488 e. The fourth-order valence-corrected chi connectivity index (χ4v) is 3.87. The predicted octanol–water partition coefficient (Wildman–Crippen LogP) is 5.01. The molecule has 2 N–H and O–H groups in total. The van der Waals surface area contributed by atoms with Gasteiger partial charge in [0.2, 0.25) is 5.91 Å². The van der Waals surface area contributed by atoms with Crippen LogP contribution in [0.5, 0.6) is 5.75 Å². The van der Waals surface area contributed by atoms with Crippen LogP contribution in [0, 0.1) is 12.7 Å². The summed E-state index contributed by atoms with van der Waals surface area (Å²) in [5.74, 6) is -1.06. The Kier molecular flexibility index (Phi) is 7.26. The minimum Gasteiger partial charge on any atom is -0.488 e. The Balaban J connectivity index is 1.48. The topological polar surface area (TPSA) is 87.7 Å². The van der Waals surface area contributed by atoms with Crippen LogP contribution in [0.15, 0.2) is 76.9 Å². The Morgan fingerprint density at radius 1 is 1.11 bits per heavy atom. The van der Waals surface area contributed by atoms with Crippen LogP contribution in [0.4, 0.5) is 14.9 Å². The van der Waals surface area contributed by atoms with Crippen LogP contribution in [0.1, 0.15) is 16.7 Å². The monoisotopic (exact) mass is 537 g/mol. The normalized spacial score (nSPS) is 14.3. The molecule has 1 aliphatic rings. The summed E-state index contributed by atoms with van der Waals surface area (Å²) in [6.07, 6.45) is 1.48. The molecule has 1 heterocycles. The van der Waals surface area contributed by atoms with E-state index >= 15 is 0 Å². The van der Waals surface area contributed by atoms with Gasteiger partial charge in [0.1, 0.15) is 30.4 Å². The predicted molar refractivity (Wildman–Crippen MR) is 133 cm³/mol. The summed E-state index contributed by atoms with van der Waals surface area (Å²) in [5.41, 5.74) is 2.71. The number of rotatable bonds is 7. The molecule has 178 valence electrons. The first-order valence-electron chi connectivity index (χ1n) is 10.7. The highest BCUT2D eigenvalue weighted by Crippen LogP contribution is 2.27. The maximum Gasteiger partial charge on any atom is 0.329 e. The minimum absolute atomic E-state index is 0.00654. The lowest BCUT2D eigenvalue weighted by molar-refractivity contribution is -0.127. The van der Waals surface area contributed by atoms with Gasteiger partial charge in [-0.25, -0.2) is 14.1 Å². The van der Waals surface area contributed by atoms with Crippen LogP contribution >= 0.6 is 15.9 Å². The smallest absolute Gasteiger partial charge is 0.329 e. The number of benzene rings is 3. The molecule has 7 nitrogen and oxygen atoms in total. The molecule has 1 aliphatic heterocycles. The number of carbonyl (C=O) groups is 3. The van der Waals surface area contributed by atoms with E-state index in [2.05, 4.69) is 26.6 Å². The summed E-state index contributed by atoms with van der Waals surface area (Å²) in [7, 11) is 0. The summed E-state index contributed by atoms with van der Waals surface area (Å²) < 4.78 is 20.0. The molecule has 0 spiro atoms. The van der Waals surface area contributed by atoms with Gasteiger partial charge in [-0.3, -0.25) is 9.59 Å². The second kappa shape index (κ2) is 10.5. The van der Waals surface area contributed by atoms with Gasteiger partial charge in [0.15, 0.2) is 0 Å². The minimum atomic E-state index is -0.696. The van der Waals surface area contributed by atoms with Crippen molar-refractivity contribution in [2.45, 2.75) is 13.5 Å². The molecule has 0 atom stereocenters. The number of imide groups is 1. The Labute approximate surface area is 209 Å². The molecular weight excluding hydrogens is 517 g/mol. The number of nitrogens with zero attached hydrogens (tertiary/aromatic N) is 1. The Hall–Kier alpha value is -3.98. The van der Waals surface area contributed by atoms with Gasteiger partial charge in [-0.05, 0) is 66.6 Å². The van der Waals surface area contributed by atoms with Crippen molar-refractivity contribution in [2.75, 3.05) is 11.9 Å². The maximum absolute atomic E-state index is 13.5. The summed E-state index contributed by atoms with van der Waals surface area (Å²) in [4.78, 5) is 38.6. The molecule has 4 rings (SSSR count). The molecule has 9 heteroatoms. The number of ether oxygens (including phenoxy) is 1. The van der Waals surface area contributed by atoms with Gasteiger partial charge in [0.25, 0.3) is 5.91 Å². The van der Waals surface area contributed by atoms with Crippen molar-refractivity contribution >= 4 is 45.5 Å². The number of nitrogens with one attached hydrogen (secondary N) is 2. The average molecular weight is 538 g/mol. The second-order valence-corrected chi connectivity index (χ2v) is 8.81. The fourth-order valence-electron chi connectivity index (χ4n) is 3.49. The molecule has 0 radical (unpaired) electrons. The molecule has 3 aromatic rings. The third kappa shape index (κ3) is 6.13. The average Bonchev–Trinajstić information content (AvgIpc) is 3.06. The van der Waals surface area contributed by atoms with Crippen molar-refractivity contribution < 1.29 is 23.5 Å². The highest BCUT2D eigenvalue weighted by atomic mass is 79.9. The third-order valence-corrected chi connectivity index (χ3v) is 5.61. The van der Waals surface area contributed by atoms with E-state index in [1.165, 1.54) is 18.2 Å². The molecule has 0 saturated carbocycles. The zero-order valence-electron chi connectivity index (χ0n) is 18.7. The van der Waals surface area contributed by atoms with E-state index < -0.39 is 24.4 Å². The summed E-state index contributed by atoms with van der Waals surface area (Å²) >= 11 is 3.39. The van der Waals surface area contributed by atoms with Crippen LogP contribution in [0.2, 0.25) is 0 Å². The number of amides is 4. The summed E-state index contributed by atoms with van der Waals surface area (Å²) in [6.45, 7) is 1.57. The number of carbonyl (C=O) groups excluding carboxylic acids is 3. The Bertz CT molecular complexity index is 1340. The first kappa shape index (κ1) is 24.2. The standard InChI is InChI=1S/C26H21BrFN3O4/c1-16-4-2-7-21(10-16)29-24(32)14-31-25(33)22(30-26(31)34)13-18-12-19(27)8-9-23(18)35-15-17-5-3-6-20(28)11-17/h2-13H,14-15H2,1H3,(H,29,32)(H,30,34)/b22-13+. The number of aryl methyl sites for hydroxylation is 1. The highest BCUT2D eigenvalue weighted by molar-refractivity contribution is 9.10. The van der Waals surface area contributed by atoms with Gasteiger partial charge < -0.3 is 15.4 Å². The number of hydrogen-bond acceptors (Lipinski definition) is 4. The van der Waals surface area contributed by atoms with E-state index in [-0.39, 0.29) is 18.1 Å². The van der Waals surface area contributed by atoms with Crippen molar-refractivity contribution in [1.29, 1.82) is 0 Å². The molecule has 1 saturated heterocycles. The molecule has 0 aliphatic carbocycles. The van der Waals surface area contributed by atoms with Crippen molar-refractivity contribution in [3.63, 3.8) is 0 Å². The second-order valence-electron chi connectivity index (χ2n) is 7.90. The molecule has 1 fully saturated rings. The van der Waals surface area contributed by atoms with E-state index in [4.69, 9.17) is 4.74 Å². The van der Waals surface area contributed by atoms with Crippen LogP contribution in [-0.4, -0.2) is 29.3 Å². The molecule has 4 amide bonds. The highest BCUT2D eigenvalue weighted by Gasteiger charge is 2.35. The zero-order valence-corrected chi connectivity index (χ0v) is 20.3. The molecule has 0 unspecified atom stereocenters. The third-order valence-electron chi connectivity index (χ3n) is 5.12. The Morgan fingerprint density at radius 2 is 1.91 bits per heavy atom. The molecule has 0 bridgehead atoms. The van der Waals surface area contributed by atoms with Crippen molar-refractivity contribution in [1.82, 2.24) is 10.2 Å². The first-order chi connectivity index (χ1) is 16.8. The fraction of sp³-hybridized carbons (Fsp3) is 0.115. The lowest BCUT2D eigenvalue weighted by Gasteiger charge is -2.12. The lowest BCUT2D eigenvalue weighted by atomic mass is 10.1. The molecule has 3 aromatic carbocycles. The van der Waals surface area contributed by atoms with Crippen LogP contribution in [0.25, 0.3) is 6.08 Å². The van der Waals surface area contributed by atoms with Crippen molar-refractivity contribution in [2.24, 2.45) is 0 Å². The van der Waals surface area contributed by atoms with E-state index in [0.717, 1.165) is 14.9 Å². The van der Waals surface area contributed by atoms with E-state index in [1.807, 2.05) is 13.0 Å². The van der Waals surface area contributed by atoms with Gasteiger partial charge in [-0.15, -0.1) is 0 Å². The molecule has 35 heavy (non-hydrogen) atoms. The molecular formula is C26H21BrFN3O4. The van der Waals surface area contributed by atoms with E-state index in [0.29, 0.717) is 22.6 Å². The maximum atomic E-state index is 13.5. The SMILES string of the molecule is Cc1cccc(NC(=O)CN2C(=O)N/C(=C/c3cc(Br)ccc3OCc3cccc(F)c3)C2=O)c1. The van der Waals surface area contributed by atoms with Crippen LogP contribution in [0.3, 0.4) is 0 Å². The number of urea groups is 1. The van der Waals surface area contributed by atoms with Crippen molar-refractivity contribution in [3.8, 4) is 5.75 Å². The van der Waals surface area contributed by atoms with Crippen molar-refractivity contribution in [3.05, 3.63) is 99.4 Å². The summed E-state index contributed by atoms with van der Waals surface area (Å²) in [6, 6.07) is 17.7. The van der Waals surface area contributed by atoms with Gasteiger partial charge in [-0.2, -0.15) is 0 Å². The Morgan fingerprint density at radius 3 is 2.69 bits per heavy atom. The summed E-state index contributed by atoms with van der Waals surface area (Å²) in [5, 5.41) is 5.19. The van der Waals surface area contributed by atoms with Gasteiger partial charge >= 0.3 is 6.03 Å². The number of halogens is 2. The van der Waals surface area contributed by atoms with Gasteiger partial charge in [-0.1, -0.05) is 40.2 Å². The van der Waals surface area contributed by atoms with E-state index in [9.17, 15) is 18.8 Å². The lowest BCUT2D eigenvalue weighted by Crippen LogP contribution is -2.38. The van der Waals surface area contributed by atoms with Crippen LogP contribution in [-0.2, 0) is 16.2 Å².